The van der Waals surface area contributed by atoms with Gasteiger partial charge in [0.15, 0.2) is 0 Å². The van der Waals surface area contributed by atoms with Gasteiger partial charge in [-0.1, -0.05) is 30.3 Å². The zero-order chi connectivity index (χ0) is 16.2. The van der Waals surface area contributed by atoms with Crippen molar-refractivity contribution in [3.8, 4) is 0 Å². The molecule has 0 fully saturated rings. The summed E-state index contributed by atoms with van der Waals surface area (Å²) < 4.78 is 5.63. The minimum absolute atomic E-state index is 0.174. The number of oxazole rings is 1. The van der Waals surface area contributed by atoms with Crippen LogP contribution < -0.4 is 5.32 Å². The maximum atomic E-state index is 12.0. The number of amides is 1. The molecular formula is C17H22N4O2. The first-order chi connectivity index (χ1) is 11.1. The van der Waals surface area contributed by atoms with E-state index in [1.807, 2.05) is 37.2 Å². The van der Waals surface area contributed by atoms with Crippen LogP contribution in [0.15, 0.2) is 34.7 Å². The summed E-state index contributed by atoms with van der Waals surface area (Å²) in [6.07, 6.45) is 0. The molecule has 0 atom stereocenters. The number of hydrogen-bond acceptors (Lipinski definition) is 5. The van der Waals surface area contributed by atoms with Crippen LogP contribution in [-0.4, -0.2) is 47.9 Å². The molecule has 0 aliphatic carbocycles. The Kier molecular flexibility index (Phi) is 4.73. The summed E-state index contributed by atoms with van der Waals surface area (Å²) >= 11 is 0. The van der Waals surface area contributed by atoms with Gasteiger partial charge >= 0.3 is 5.91 Å². The van der Waals surface area contributed by atoms with Gasteiger partial charge in [0.1, 0.15) is 5.76 Å². The summed E-state index contributed by atoms with van der Waals surface area (Å²) in [7, 11) is 3.93. The van der Waals surface area contributed by atoms with Gasteiger partial charge < -0.3 is 14.6 Å². The van der Waals surface area contributed by atoms with Crippen molar-refractivity contribution in [2.45, 2.75) is 19.6 Å². The average molecular weight is 314 g/mol. The van der Waals surface area contributed by atoms with Crippen molar-refractivity contribution in [1.29, 1.82) is 0 Å². The van der Waals surface area contributed by atoms with E-state index in [1.54, 1.807) is 0 Å². The van der Waals surface area contributed by atoms with E-state index in [2.05, 4.69) is 27.3 Å². The van der Waals surface area contributed by atoms with E-state index >= 15 is 0 Å². The second kappa shape index (κ2) is 6.93. The van der Waals surface area contributed by atoms with Crippen LogP contribution in [0.5, 0.6) is 0 Å². The van der Waals surface area contributed by atoms with Gasteiger partial charge in [0.25, 0.3) is 5.89 Å². The van der Waals surface area contributed by atoms with Crippen molar-refractivity contribution in [1.82, 2.24) is 20.1 Å². The van der Waals surface area contributed by atoms with Crippen LogP contribution in [0, 0.1) is 0 Å². The fourth-order valence-corrected chi connectivity index (χ4v) is 2.62. The summed E-state index contributed by atoms with van der Waals surface area (Å²) in [5.74, 6) is 0.739. The highest BCUT2D eigenvalue weighted by atomic mass is 16.4. The van der Waals surface area contributed by atoms with Crippen molar-refractivity contribution in [2.75, 3.05) is 27.2 Å². The summed E-state index contributed by atoms with van der Waals surface area (Å²) in [4.78, 5) is 20.6. The Bertz CT molecular complexity index is 643. The molecule has 0 spiro atoms. The molecule has 2 aromatic rings. The standard InChI is InChI=1S/C17H22N4O2/c1-20(2)9-8-18-16(22)17-19-14-11-21(12-15(14)23-17)10-13-6-4-3-5-7-13/h3-7H,8-12H2,1-2H3,(H,18,22). The first-order valence-electron chi connectivity index (χ1n) is 7.79. The van der Waals surface area contributed by atoms with Gasteiger partial charge in [0.05, 0.1) is 12.2 Å². The SMILES string of the molecule is CN(C)CCNC(=O)c1nc2c(o1)CN(Cc1ccccc1)C2. The molecule has 6 nitrogen and oxygen atoms in total. The third-order valence-electron chi connectivity index (χ3n) is 3.81. The first kappa shape index (κ1) is 15.7. The van der Waals surface area contributed by atoms with Gasteiger partial charge in [-0.15, -0.1) is 0 Å². The number of likely N-dealkylation sites (N-methyl/N-ethyl adjacent to an activating group) is 1. The molecule has 0 unspecified atom stereocenters. The third-order valence-corrected chi connectivity index (χ3v) is 3.81. The lowest BCUT2D eigenvalue weighted by Crippen LogP contribution is -2.31. The van der Waals surface area contributed by atoms with Crippen molar-refractivity contribution in [2.24, 2.45) is 0 Å². The Labute approximate surface area is 136 Å². The quantitative estimate of drug-likeness (QED) is 0.875. The molecule has 23 heavy (non-hydrogen) atoms. The number of nitrogens with zero attached hydrogens (tertiary/aromatic N) is 3. The fourth-order valence-electron chi connectivity index (χ4n) is 2.62. The van der Waals surface area contributed by atoms with Crippen molar-refractivity contribution in [3.63, 3.8) is 0 Å². The highest BCUT2D eigenvalue weighted by Gasteiger charge is 2.27. The Balaban J connectivity index is 1.54. The zero-order valence-corrected chi connectivity index (χ0v) is 13.6. The fraction of sp³-hybridized carbons (Fsp3) is 0.412. The summed E-state index contributed by atoms with van der Waals surface area (Å²) in [6.45, 7) is 3.65. The van der Waals surface area contributed by atoms with E-state index in [1.165, 1.54) is 5.56 Å². The minimum atomic E-state index is -0.240. The summed E-state index contributed by atoms with van der Waals surface area (Å²) in [6, 6.07) is 10.3. The molecular weight excluding hydrogens is 292 g/mol. The number of rotatable bonds is 6. The molecule has 1 aliphatic rings. The molecule has 1 amide bonds. The van der Waals surface area contributed by atoms with Crippen LogP contribution in [0.1, 0.15) is 27.7 Å². The Morgan fingerprint density at radius 2 is 2.09 bits per heavy atom. The number of hydrogen-bond donors (Lipinski definition) is 1. The molecule has 3 rings (SSSR count). The van der Waals surface area contributed by atoms with E-state index in [4.69, 9.17) is 4.42 Å². The lowest BCUT2D eigenvalue weighted by atomic mass is 10.2. The molecule has 1 N–H and O–H groups in total. The maximum Gasteiger partial charge on any atom is 0.307 e. The number of nitrogens with one attached hydrogen (secondary N) is 1. The van der Waals surface area contributed by atoms with E-state index in [9.17, 15) is 4.79 Å². The molecule has 0 saturated heterocycles. The first-order valence-corrected chi connectivity index (χ1v) is 7.79. The van der Waals surface area contributed by atoms with Crippen LogP contribution in [-0.2, 0) is 19.6 Å². The van der Waals surface area contributed by atoms with Crippen molar-refractivity contribution < 1.29 is 9.21 Å². The largest absolute Gasteiger partial charge is 0.436 e. The molecule has 0 saturated carbocycles. The number of fused-ring (bicyclic) bond motifs is 1. The molecule has 1 aromatic carbocycles. The molecule has 122 valence electrons. The predicted molar refractivity (Wildman–Crippen MR) is 86.8 cm³/mol. The van der Waals surface area contributed by atoms with Crippen LogP contribution in [0.4, 0.5) is 0 Å². The number of benzene rings is 1. The van der Waals surface area contributed by atoms with Gasteiger partial charge in [0, 0.05) is 26.2 Å². The molecule has 1 aliphatic heterocycles. The van der Waals surface area contributed by atoms with Gasteiger partial charge in [-0.2, -0.15) is 0 Å². The number of carbonyl (C=O) groups is 1. The van der Waals surface area contributed by atoms with Crippen molar-refractivity contribution in [3.05, 3.63) is 53.2 Å². The van der Waals surface area contributed by atoms with E-state index in [0.29, 0.717) is 13.1 Å². The molecule has 6 heteroatoms. The van der Waals surface area contributed by atoms with Gasteiger partial charge in [-0.3, -0.25) is 9.69 Å². The summed E-state index contributed by atoms with van der Waals surface area (Å²) in [5, 5.41) is 2.82. The molecule has 0 radical (unpaired) electrons. The lowest BCUT2D eigenvalue weighted by molar-refractivity contribution is 0.0911. The second-order valence-corrected chi connectivity index (χ2v) is 6.08. The highest BCUT2D eigenvalue weighted by Crippen LogP contribution is 2.24. The van der Waals surface area contributed by atoms with Gasteiger partial charge in [0.2, 0.25) is 0 Å². The number of carbonyl (C=O) groups excluding carboxylic acids is 1. The maximum absolute atomic E-state index is 12.0. The topological polar surface area (TPSA) is 61.6 Å². The van der Waals surface area contributed by atoms with Crippen LogP contribution in [0.2, 0.25) is 0 Å². The predicted octanol–water partition coefficient (Wildman–Crippen LogP) is 1.48. The normalized spacial score (nSPS) is 14.2. The minimum Gasteiger partial charge on any atom is -0.436 e. The third kappa shape index (κ3) is 3.97. The Morgan fingerprint density at radius 3 is 2.78 bits per heavy atom. The Morgan fingerprint density at radius 1 is 1.30 bits per heavy atom. The zero-order valence-electron chi connectivity index (χ0n) is 13.6. The molecule has 0 bridgehead atoms. The highest BCUT2D eigenvalue weighted by molar-refractivity contribution is 5.89. The average Bonchev–Trinajstić information content (AvgIpc) is 3.06. The second-order valence-electron chi connectivity index (χ2n) is 6.08. The molecule has 1 aromatic heterocycles. The Hall–Kier alpha value is -2.18. The summed E-state index contributed by atoms with van der Waals surface area (Å²) in [5.41, 5.74) is 2.14. The van der Waals surface area contributed by atoms with E-state index in [-0.39, 0.29) is 11.8 Å². The van der Waals surface area contributed by atoms with Gasteiger partial charge in [-0.25, -0.2) is 4.98 Å². The molecule has 2 heterocycles. The smallest absolute Gasteiger partial charge is 0.307 e. The lowest BCUT2D eigenvalue weighted by Gasteiger charge is -2.14. The monoisotopic (exact) mass is 314 g/mol. The number of aromatic nitrogens is 1. The van der Waals surface area contributed by atoms with E-state index in [0.717, 1.165) is 31.1 Å². The van der Waals surface area contributed by atoms with E-state index < -0.39 is 0 Å². The van der Waals surface area contributed by atoms with Crippen LogP contribution in [0.3, 0.4) is 0 Å². The van der Waals surface area contributed by atoms with Crippen LogP contribution in [0.25, 0.3) is 0 Å². The van der Waals surface area contributed by atoms with Gasteiger partial charge in [-0.05, 0) is 19.7 Å². The van der Waals surface area contributed by atoms with Crippen LogP contribution >= 0.6 is 0 Å². The van der Waals surface area contributed by atoms with Crippen molar-refractivity contribution >= 4 is 5.91 Å².